The first kappa shape index (κ1) is 27.1. The highest BCUT2D eigenvalue weighted by molar-refractivity contribution is 7.91. The average Bonchev–Trinajstić information content (AvgIpc) is 3.59. The van der Waals surface area contributed by atoms with Crippen molar-refractivity contribution in [2.45, 2.75) is 42.1 Å². The maximum Gasteiger partial charge on any atom is 0.335 e. The van der Waals surface area contributed by atoms with Gasteiger partial charge >= 0.3 is 5.97 Å². The number of pyridine rings is 1. The van der Waals surface area contributed by atoms with Crippen molar-refractivity contribution in [1.29, 1.82) is 0 Å². The summed E-state index contributed by atoms with van der Waals surface area (Å²) in [6, 6.07) is 3.73. The van der Waals surface area contributed by atoms with E-state index < -0.39 is 21.4 Å². The van der Waals surface area contributed by atoms with E-state index >= 15 is 0 Å². The van der Waals surface area contributed by atoms with Crippen LogP contribution in [0.1, 0.15) is 37.3 Å². The fourth-order valence-corrected chi connectivity index (χ4v) is 6.68. The van der Waals surface area contributed by atoms with Crippen molar-refractivity contribution in [3.8, 4) is 21.8 Å². The summed E-state index contributed by atoms with van der Waals surface area (Å²) < 4.78 is 37.8. The molecule has 0 aromatic carbocycles. The van der Waals surface area contributed by atoms with Gasteiger partial charge in [0.25, 0.3) is 0 Å². The highest BCUT2D eigenvalue weighted by atomic mass is 32.2. The van der Waals surface area contributed by atoms with Crippen molar-refractivity contribution in [3.63, 3.8) is 0 Å². The molecule has 4 aromatic rings. The second kappa shape index (κ2) is 10.6. The van der Waals surface area contributed by atoms with E-state index in [0.717, 1.165) is 22.5 Å². The molecule has 206 valence electrons. The summed E-state index contributed by atoms with van der Waals surface area (Å²) in [4.78, 5) is 25.6. The van der Waals surface area contributed by atoms with E-state index in [9.17, 15) is 18.3 Å². The van der Waals surface area contributed by atoms with Gasteiger partial charge in [0.15, 0.2) is 21.1 Å². The molecule has 1 fully saturated rings. The zero-order chi connectivity index (χ0) is 27.8. The third-order valence-electron chi connectivity index (χ3n) is 7.00. The Bertz CT molecular complexity index is 1590. The van der Waals surface area contributed by atoms with E-state index in [-0.39, 0.29) is 42.7 Å². The number of nitrogen functional groups attached to an aromatic ring is 1. The number of aliphatic carboxylic acids is 1. The van der Waals surface area contributed by atoms with Crippen LogP contribution in [0.15, 0.2) is 41.0 Å². The summed E-state index contributed by atoms with van der Waals surface area (Å²) >= 11 is 1.48. The van der Waals surface area contributed by atoms with Crippen molar-refractivity contribution in [1.82, 2.24) is 24.6 Å². The summed E-state index contributed by atoms with van der Waals surface area (Å²) in [6.07, 6.45) is 7.17. The number of carboxylic acids is 1. The number of hydrogen-bond donors (Lipinski definition) is 2. The zero-order valence-electron chi connectivity index (χ0n) is 21.4. The highest BCUT2D eigenvalue weighted by Gasteiger charge is 2.44. The lowest BCUT2D eigenvalue weighted by atomic mass is 9.77. The predicted octanol–water partition coefficient (Wildman–Crippen LogP) is 3.04. The minimum Gasteiger partial charge on any atom is -0.479 e. The smallest absolute Gasteiger partial charge is 0.335 e. The van der Waals surface area contributed by atoms with E-state index in [1.54, 1.807) is 18.6 Å². The first-order chi connectivity index (χ1) is 18.6. The lowest BCUT2D eigenvalue weighted by Crippen LogP contribution is -2.45. The molecule has 0 saturated heterocycles. The van der Waals surface area contributed by atoms with Crippen molar-refractivity contribution in [2.24, 2.45) is 0 Å². The van der Waals surface area contributed by atoms with Crippen LogP contribution in [-0.4, -0.2) is 76.2 Å². The van der Waals surface area contributed by atoms with Crippen molar-refractivity contribution < 1.29 is 27.8 Å². The lowest BCUT2D eigenvalue weighted by molar-refractivity contribution is -0.173. The highest BCUT2D eigenvalue weighted by Crippen LogP contribution is 2.43. The fourth-order valence-electron chi connectivity index (χ4n) is 5.01. The van der Waals surface area contributed by atoms with Crippen LogP contribution in [-0.2, 0) is 24.1 Å². The number of nitrogens with two attached hydrogens (primary N) is 1. The van der Waals surface area contributed by atoms with Gasteiger partial charge in [-0.1, -0.05) is 6.07 Å². The van der Waals surface area contributed by atoms with Gasteiger partial charge in [0.1, 0.15) is 15.7 Å². The fraction of sp³-hybridized carbons (Fsp3) is 0.400. The molecule has 1 aliphatic rings. The Hall–Kier alpha value is -3.46. The number of methoxy groups -OCH3 is 1. The number of nitrogens with zero attached hydrogens (tertiary/aromatic N) is 5. The van der Waals surface area contributed by atoms with Crippen LogP contribution in [0.3, 0.4) is 0 Å². The molecule has 3 N–H and O–H groups in total. The maximum absolute atomic E-state index is 12.9. The molecule has 39 heavy (non-hydrogen) atoms. The molecule has 14 heteroatoms. The van der Waals surface area contributed by atoms with Gasteiger partial charge in [0.05, 0.1) is 30.8 Å². The molecule has 0 aliphatic heterocycles. The Morgan fingerprint density at radius 2 is 2.00 bits per heavy atom. The number of thiazole rings is 1. The van der Waals surface area contributed by atoms with E-state index in [1.807, 2.05) is 17.5 Å². The van der Waals surface area contributed by atoms with E-state index in [4.69, 9.17) is 20.2 Å². The van der Waals surface area contributed by atoms with Crippen LogP contribution in [0.25, 0.3) is 27.5 Å². The topological polar surface area (TPSA) is 172 Å². The molecule has 0 amide bonds. The number of rotatable bonds is 9. The summed E-state index contributed by atoms with van der Waals surface area (Å²) in [7, 11) is -2.27. The standard InChI is InChI=1S/C25H28N6O6S2/c1-36-10-11-37-25(24(32)33)7-5-15(6-8-25)19-20(39(2,34)35)21(26)31-22(30-19)17(14-29-31)16-3-4-18(28-13-16)23-27-9-12-38-23/h3-4,9,12-15H,5-8,10-11,26H2,1-2H3,(H,32,33). The Labute approximate surface area is 228 Å². The van der Waals surface area contributed by atoms with Crippen LogP contribution in [0.2, 0.25) is 0 Å². The third kappa shape index (κ3) is 5.12. The lowest BCUT2D eigenvalue weighted by Gasteiger charge is -2.36. The quantitative estimate of drug-likeness (QED) is 0.282. The number of hydrogen-bond acceptors (Lipinski definition) is 11. The third-order valence-corrected chi connectivity index (χ3v) is 8.95. The average molecular weight is 573 g/mol. The predicted molar refractivity (Wildman–Crippen MR) is 144 cm³/mol. The first-order valence-electron chi connectivity index (χ1n) is 12.2. The Morgan fingerprint density at radius 3 is 2.59 bits per heavy atom. The maximum atomic E-state index is 12.9. The number of carbonyl (C=O) groups is 1. The monoisotopic (exact) mass is 572 g/mol. The second-order valence-corrected chi connectivity index (χ2v) is 12.3. The van der Waals surface area contributed by atoms with Crippen LogP contribution in [0.4, 0.5) is 5.82 Å². The largest absolute Gasteiger partial charge is 0.479 e. The zero-order valence-corrected chi connectivity index (χ0v) is 23.0. The van der Waals surface area contributed by atoms with Crippen LogP contribution < -0.4 is 5.73 Å². The Balaban J connectivity index is 1.53. The summed E-state index contributed by atoms with van der Waals surface area (Å²) in [5, 5.41) is 16.9. The molecule has 0 bridgehead atoms. The number of sulfone groups is 1. The van der Waals surface area contributed by atoms with Gasteiger partial charge in [-0.3, -0.25) is 4.98 Å². The molecule has 1 aliphatic carbocycles. The number of ether oxygens (including phenoxy) is 2. The van der Waals surface area contributed by atoms with Gasteiger partial charge in [-0.05, 0) is 31.7 Å². The van der Waals surface area contributed by atoms with Gasteiger partial charge < -0.3 is 20.3 Å². The Kier molecular flexibility index (Phi) is 7.37. The number of carboxylic acid groups (broad SMARTS) is 1. The molecule has 12 nitrogen and oxygen atoms in total. The van der Waals surface area contributed by atoms with Gasteiger partial charge in [-0.25, -0.2) is 23.2 Å². The second-order valence-electron chi connectivity index (χ2n) is 9.46. The van der Waals surface area contributed by atoms with E-state index in [0.29, 0.717) is 29.7 Å². The van der Waals surface area contributed by atoms with Crippen LogP contribution in [0.5, 0.6) is 0 Å². The number of fused-ring (bicyclic) bond motifs is 1. The summed E-state index contributed by atoms with van der Waals surface area (Å²) in [5.74, 6) is -1.42. The van der Waals surface area contributed by atoms with E-state index in [2.05, 4.69) is 15.1 Å². The Morgan fingerprint density at radius 1 is 1.23 bits per heavy atom. The molecule has 0 radical (unpaired) electrons. The summed E-state index contributed by atoms with van der Waals surface area (Å²) in [6.45, 7) is 0.420. The van der Waals surface area contributed by atoms with Crippen molar-refractivity contribution in [3.05, 3.63) is 41.8 Å². The molecular weight excluding hydrogens is 544 g/mol. The molecule has 0 unspecified atom stereocenters. The number of anilines is 1. The first-order valence-corrected chi connectivity index (χ1v) is 15.0. The van der Waals surface area contributed by atoms with Gasteiger partial charge in [-0.15, -0.1) is 11.3 Å². The van der Waals surface area contributed by atoms with Crippen molar-refractivity contribution >= 4 is 38.6 Å². The van der Waals surface area contributed by atoms with Gasteiger partial charge in [-0.2, -0.15) is 9.61 Å². The molecule has 0 spiro atoms. The molecule has 4 heterocycles. The van der Waals surface area contributed by atoms with Crippen LogP contribution >= 0.6 is 11.3 Å². The molecule has 4 aromatic heterocycles. The minimum absolute atomic E-state index is 0.0393. The number of aromatic nitrogens is 5. The SMILES string of the molecule is COCCOC1(C(=O)O)CCC(c2nc3c(-c4ccc(-c5nccs5)nc4)cnn3c(N)c2S(C)(=O)=O)CC1. The minimum atomic E-state index is -3.78. The van der Waals surface area contributed by atoms with E-state index in [1.165, 1.54) is 23.0 Å². The van der Waals surface area contributed by atoms with Gasteiger partial charge in [0.2, 0.25) is 0 Å². The van der Waals surface area contributed by atoms with Crippen LogP contribution in [0, 0.1) is 0 Å². The molecule has 0 atom stereocenters. The van der Waals surface area contributed by atoms with Gasteiger partial charge in [0, 0.05) is 48.2 Å². The summed E-state index contributed by atoms with van der Waals surface area (Å²) in [5.41, 5.74) is 7.85. The molecular formula is C25H28N6O6S2. The molecule has 1 saturated carbocycles. The van der Waals surface area contributed by atoms with Crippen molar-refractivity contribution in [2.75, 3.05) is 32.3 Å². The normalized spacial score (nSPS) is 19.9. The molecule has 5 rings (SSSR count).